The van der Waals surface area contributed by atoms with Gasteiger partial charge in [0, 0.05) is 30.9 Å². The fourth-order valence-corrected chi connectivity index (χ4v) is 5.95. The van der Waals surface area contributed by atoms with Gasteiger partial charge in [-0.25, -0.2) is 26.3 Å². The Hall–Kier alpha value is -3.92. The van der Waals surface area contributed by atoms with Crippen LogP contribution in [0.25, 0.3) is 22.3 Å². The minimum Gasteiger partial charge on any atom is -0.429 e. The summed E-state index contributed by atoms with van der Waals surface area (Å²) in [7, 11) is 0. The van der Waals surface area contributed by atoms with Gasteiger partial charge in [0.2, 0.25) is 0 Å². The zero-order chi connectivity index (χ0) is 33.0. The van der Waals surface area contributed by atoms with Gasteiger partial charge in [-0.05, 0) is 90.8 Å². The lowest BCUT2D eigenvalue weighted by molar-refractivity contribution is -0.189. The van der Waals surface area contributed by atoms with Gasteiger partial charge >= 0.3 is 6.11 Å². The van der Waals surface area contributed by atoms with Gasteiger partial charge in [-0.15, -0.1) is 0 Å². The molecule has 0 amide bonds. The van der Waals surface area contributed by atoms with Crippen molar-refractivity contribution in [3.8, 4) is 28.0 Å². The summed E-state index contributed by atoms with van der Waals surface area (Å²) in [6, 6.07) is 13.1. The lowest BCUT2D eigenvalue weighted by Crippen LogP contribution is -2.25. The molecule has 46 heavy (non-hydrogen) atoms. The Morgan fingerprint density at radius 2 is 1.24 bits per heavy atom. The third-order valence-corrected chi connectivity index (χ3v) is 8.40. The molecular weight excluding hydrogens is 616 g/mol. The smallest absolute Gasteiger partial charge is 0.429 e. The molecule has 0 saturated heterocycles. The van der Waals surface area contributed by atoms with Gasteiger partial charge in [0.05, 0.1) is 0 Å². The molecule has 1 aliphatic carbocycles. The average Bonchev–Trinajstić information content (AvgIpc) is 3.01. The minimum absolute atomic E-state index is 0.110. The molecule has 0 bridgehead atoms. The predicted molar refractivity (Wildman–Crippen MR) is 158 cm³/mol. The van der Waals surface area contributed by atoms with Crippen molar-refractivity contribution >= 4 is 0 Å². The summed E-state index contributed by atoms with van der Waals surface area (Å²) < 4.78 is 124. The number of rotatable bonds is 11. The molecule has 0 aliphatic heterocycles. The van der Waals surface area contributed by atoms with E-state index in [0.717, 1.165) is 57.3 Å². The van der Waals surface area contributed by atoms with Crippen molar-refractivity contribution in [3.05, 3.63) is 113 Å². The summed E-state index contributed by atoms with van der Waals surface area (Å²) in [5.74, 6) is -10.1. The predicted octanol–water partition coefficient (Wildman–Crippen LogP) is 11.1. The first-order valence-electron chi connectivity index (χ1n) is 15.2. The molecule has 1 fully saturated rings. The third-order valence-electron chi connectivity index (χ3n) is 8.40. The number of hydrogen-bond acceptors (Lipinski definition) is 2. The molecule has 0 aromatic heterocycles. The van der Waals surface area contributed by atoms with E-state index in [0.29, 0.717) is 29.5 Å². The van der Waals surface area contributed by atoms with E-state index in [-0.39, 0.29) is 23.3 Å². The van der Waals surface area contributed by atoms with Gasteiger partial charge < -0.3 is 9.47 Å². The van der Waals surface area contributed by atoms with Gasteiger partial charge in [0.15, 0.2) is 17.5 Å². The van der Waals surface area contributed by atoms with Crippen LogP contribution in [0.5, 0.6) is 5.75 Å². The first kappa shape index (κ1) is 33.4. The van der Waals surface area contributed by atoms with Crippen molar-refractivity contribution in [2.75, 3.05) is 13.2 Å². The summed E-state index contributed by atoms with van der Waals surface area (Å²) in [6.07, 6.45) is 1.83. The Labute approximate surface area is 262 Å². The van der Waals surface area contributed by atoms with Gasteiger partial charge in [-0.1, -0.05) is 43.3 Å². The van der Waals surface area contributed by atoms with Gasteiger partial charge in [0.1, 0.15) is 28.8 Å². The van der Waals surface area contributed by atoms with E-state index < -0.39 is 52.3 Å². The van der Waals surface area contributed by atoms with Crippen LogP contribution in [0.3, 0.4) is 0 Å². The second-order valence-corrected chi connectivity index (χ2v) is 11.6. The van der Waals surface area contributed by atoms with E-state index in [1.54, 1.807) is 6.07 Å². The number of halogens is 8. The van der Waals surface area contributed by atoms with Crippen molar-refractivity contribution in [3.63, 3.8) is 0 Å². The highest BCUT2D eigenvalue weighted by molar-refractivity contribution is 5.71. The Balaban J connectivity index is 1.27. The minimum atomic E-state index is -4.75. The zero-order valence-corrected chi connectivity index (χ0v) is 25.0. The molecule has 0 spiro atoms. The summed E-state index contributed by atoms with van der Waals surface area (Å²) in [4.78, 5) is 0. The summed E-state index contributed by atoms with van der Waals surface area (Å²) in [5, 5.41) is 0. The van der Waals surface area contributed by atoms with Crippen molar-refractivity contribution in [2.24, 2.45) is 5.92 Å². The van der Waals surface area contributed by atoms with Gasteiger partial charge in [0.25, 0.3) is 0 Å². The number of hydrogen-bond donors (Lipinski definition) is 0. The Morgan fingerprint density at radius 3 is 1.83 bits per heavy atom. The van der Waals surface area contributed by atoms with Crippen LogP contribution in [0.1, 0.15) is 62.5 Å². The third kappa shape index (κ3) is 7.54. The molecule has 1 aliphatic rings. The van der Waals surface area contributed by atoms with E-state index in [1.165, 1.54) is 17.7 Å². The van der Waals surface area contributed by atoms with E-state index in [9.17, 15) is 30.7 Å². The van der Waals surface area contributed by atoms with E-state index in [4.69, 9.17) is 4.74 Å². The maximum Gasteiger partial charge on any atom is 0.432 e. The number of ether oxygens (including phenoxy) is 2. The molecule has 10 heteroatoms. The summed E-state index contributed by atoms with van der Waals surface area (Å²) in [6.45, 7) is 3.70. The molecule has 5 rings (SSSR count). The Bertz CT molecular complexity index is 1620. The Kier molecular flexibility index (Phi) is 10.4. The van der Waals surface area contributed by atoms with E-state index in [1.807, 2.05) is 24.3 Å². The molecule has 0 heterocycles. The standard InChI is InChI=1S/C36H32F8O2/c1-2-14-45-15-13-21-3-5-22(6-4-21)23-7-9-24(10-8-23)25-11-12-28(29(37)16-25)26-17-30(38)34(31(39)18-26)36(43,44)46-27-19-32(40)35(42)33(41)20-27/h7-12,16-22H,2-6,13-15H2,1H3. The van der Waals surface area contributed by atoms with Crippen molar-refractivity contribution < 1.29 is 44.6 Å². The van der Waals surface area contributed by atoms with E-state index >= 15 is 4.39 Å². The second-order valence-electron chi connectivity index (χ2n) is 11.6. The molecule has 0 N–H and O–H groups in total. The van der Waals surface area contributed by atoms with Crippen LogP contribution in [0.15, 0.2) is 66.7 Å². The monoisotopic (exact) mass is 648 g/mol. The first-order chi connectivity index (χ1) is 22.0. The molecular formula is C36H32F8O2. The molecule has 4 aromatic rings. The fraction of sp³-hybridized carbons (Fsp3) is 0.333. The lowest BCUT2D eigenvalue weighted by Gasteiger charge is -2.29. The van der Waals surface area contributed by atoms with Crippen molar-refractivity contribution in [2.45, 2.75) is 57.5 Å². The molecule has 244 valence electrons. The highest BCUT2D eigenvalue weighted by atomic mass is 19.3. The topological polar surface area (TPSA) is 18.5 Å². The molecule has 0 atom stereocenters. The van der Waals surface area contributed by atoms with Gasteiger partial charge in [-0.2, -0.15) is 8.78 Å². The molecule has 0 radical (unpaired) electrons. The number of benzene rings is 4. The van der Waals surface area contributed by atoms with E-state index in [2.05, 4.69) is 11.7 Å². The van der Waals surface area contributed by atoms with Crippen LogP contribution in [-0.2, 0) is 10.8 Å². The SMILES string of the molecule is CCCOCCC1CCC(c2ccc(-c3ccc(-c4cc(F)c(C(F)(F)Oc5cc(F)c(F)c(F)c5)c(F)c4)c(F)c3)cc2)CC1. The quantitative estimate of drug-likeness (QED) is 0.0916. The molecule has 4 aromatic carbocycles. The van der Waals surface area contributed by atoms with Crippen molar-refractivity contribution in [1.82, 2.24) is 0 Å². The van der Waals surface area contributed by atoms with Crippen LogP contribution in [0, 0.1) is 40.8 Å². The van der Waals surface area contributed by atoms with Crippen LogP contribution >= 0.6 is 0 Å². The second kappa shape index (κ2) is 14.2. The summed E-state index contributed by atoms with van der Waals surface area (Å²) >= 11 is 0. The average molecular weight is 649 g/mol. The molecule has 1 saturated carbocycles. The normalized spacial score (nSPS) is 16.9. The highest BCUT2D eigenvalue weighted by Crippen LogP contribution is 2.40. The summed E-state index contributed by atoms with van der Waals surface area (Å²) in [5.41, 5.74) is -0.0150. The molecule has 0 unspecified atom stereocenters. The highest BCUT2D eigenvalue weighted by Gasteiger charge is 2.41. The largest absolute Gasteiger partial charge is 0.432 e. The number of alkyl halides is 2. The lowest BCUT2D eigenvalue weighted by atomic mass is 9.77. The van der Waals surface area contributed by atoms with Gasteiger partial charge in [-0.3, -0.25) is 0 Å². The van der Waals surface area contributed by atoms with Crippen LogP contribution in [0.2, 0.25) is 0 Å². The zero-order valence-electron chi connectivity index (χ0n) is 25.0. The van der Waals surface area contributed by atoms with Crippen LogP contribution < -0.4 is 4.74 Å². The Morgan fingerprint density at radius 1 is 0.652 bits per heavy atom. The maximum atomic E-state index is 15.2. The molecule has 2 nitrogen and oxygen atoms in total. The van der Waals surface area contributed by atoms with Crippen molar-refractivity contribution in [1.29, 1.82) is 0 Å². The first-order valence-corrected chi connectivity index (χ1v) is 15.2. The van der Waals surface area contributed by atoms with Crippen LogP contribution in [-0.4, -0.2) is 13.2 Å². The fourth-order valence-electron chi connectivity index (χ4n) is 5.95. The maximum absolute atomic E-state index is 15.2. The van der Waals surface area contributed by atoms with Crippen LogP contribution in [0.4, 0.5) is 35.1 Å².